The molecule has 4 atom stereocenters. The minimum Gasteiger partial charge on any atom is -0.390 e. The Bertz CT molecular complexity index is 98.8. The van der Waals surface area contributed by atoms with Crippen LogP contribution in [0.2, 0.25) is 0 Å². The molecule has 0 heterocycles. The Morgan fingerprint density at radius 1 is 0.909 bits per heavy atom. The van der Waals surface area contributed by atoms with Crippen molar-refractivity contribution < 1.29 is 20.4 Å². The summed E-state index contributed by atoms with van der Waals surface area (Å²) in [4.78, 5) is 0. The normalized spacial score (nSPS) is 43.1. The van der Waals surface area contributed by atoms with Gasteiger partial charge in [0, 0.05) is 6.42 Å². The molecular formula is C6H15NO4. The molecule has 0 aliphatic heterocycles. The second-order valence-electron chi connectivity index (χ2n) is 2.35. The van der Waals surface area contributed by atoms with E-state index in [9.17, 15) is 0 Å². The summed E-state index contributed by atoms with van der Waals surface area (Å²) in [5.74, 6) is 0. The van der Waals surface area contributed by atoms with E-state index in [-0.39, 0.29) is 6.42 Å². The largest absolute Gasteiger partial charge is 0.390 e. The zero-order chi connectivity index (χ0) is 9.02. The molecule has 5 nitrogen and oxygen atoms in total. The molecule has 5 heteroatoms. The van der Waals surface area contributed by atoms with Gasteiger partial charge in [-0.1, -0.05) is 0 Å². The lowest BCUT2D eigenvalue weighted by atomic mass is 10.2. The van der Waals surface area contributed by atoms with Crippen molar-refractivity contribution in [3.05, 3.63) is 0 Å². The maximum atomic E-state index is 8.78. The summed E-state index contributed by atoms with van der Waals surface area (Å²) >= 11 is 0. The van der Waals surface area contributed by atoms with Crippen molar-refractivity contribution in [2.75, 3.05) is 7.05 Å². The first-order valence-electron chi connectivity index (χ1n) is 3.43. The van der Waals surface area contributed by atoms with Crippen molar-refractivity contribution in [1.29, 1.82) is 0 Å². The number of hydrogen-bond donors (Lipinski definition) is 5. The fraction of sp³-hybridized carbons (Fsp3) is 1.00. The van der Waals surface area contributed by atoms with Gasteiger partial charge in [0.25, 0.3) is 0 Å². The molecule has 0 saturated heterocycles. The minimum absolute atomic E-state index is 0.0579. The van der Waals surface area contributed by atoms with E-state index in [0.29, 0.717) is 0 Å². The highest BCUT2D eigenvalue weighted by molar-refractivity contribution is 4.90. The SMILES string of the molecule is CN.OC1CC(O)C(O)C1O. The molecule has 1 aliphatic carbocycles. The van der Waals surface area contributed by atoms with Gasteiger partial charge in [0.2, 0.25) is 0 Å². The van der Waals surface area contributed by atoms with Crippen molar-refractivity contribution in [2.24, 2.45) is 5.73 Å². The van der Waals surface area contributed by atoms with E-state index < -0.39 is 24.4 Å². The summed E-state index contributed by atoms with van der Waals surface area (Å²) < 4.78 is 0. The molecule has 6 N–H and O–H groups in total. The third-order valence-electron chi connectivity index (χ3n) is 1.62. The van der Waals surface area contributed by atoms with Crippen LogP contribution in [0.4, 0.5) is 0 Å². The summed E-state index contributed by atoms with van der Waals surface area (Å²) in [5, 5.41) is 35.1. The predicted octanol–water partition coefficient (Wildman–Crippen LogP) is -2.59. The molecule has 1 fully saturated rings. The van der Waals surface area contributed by atoms with Gasteiger partial charge in [-0.15, -0.1) is 0 Å². The average molecular weight is 165 g/mol. The molecule has 11 heavy (non-hydrogen) atoms. The van der Waals surface area contributed by atoms with E-state index >= 15 is 0 Å². The standard InChI is InChI=1S/C5H10O4.CH5N/c6-2-1-3(7)5(9)4(2)8;1-2/h2-9H,1H2;2H2,1H3. The quantitative estimate of drug-likeness (QED) is 0.271. The van der Waals surface area contributed by atoms with Gasteiger partial charge in [-0.3, -0.25) is 0 Å². The molecule has 0 spiro atoms. The summed E-state index contributed by atoms with van der Waals surface area (Å²) in [6.07, 6.45) is -4.26. The van der Waals surface area contributed by atoms with Gasteiger partial charge in [0.05, 0.1) is 12.2 Å². The van der Waals surface area contributed by atoms with Crippen molar-refractivity contribution in [3.8, 4) is 0 Å². The minimum atomic E-state index is -1.18. The Labute approximate surface area is 65.1 Å². The zero-order valence-corrected chi connectivity index (χ0v) is 6.38. The van der Waals surface area contributed by atoms with Crippen molar-refractivity contribution in [1.82, 2.24) is 0 Å². The molecule has 1 saturated carbocycles. The van der Waals surface area contributed by atoms with E-state index in [4.69, 9.17) is 20.4 Å². The number of rotatable bonds is 0. The van der Waals surface area contributed by atoms with Crippen LogP contribution in [0, 0.1) is 0 Å². The monoisotopic (exact) mass is 165 g/mol. The highest BCUT2D eigenvalue weighted by Gasteiger charge is 2.39. The molecule has 4 unspecified atom stereocenters. The maximum absolute atomic E-state index is 8.78. The summed E-state index contributed by atoms with van der Waals surface area (Å²) in [6.45, 7) is 0. The van der Waals surface area contributed by atoms with Crippen LogP contribution in [0.1, 0.15) is 6.42 Å². The van der Waals surface area contributed by atoms with E-state index in [2.05, 4.69) is 5.73 Å². The van der Waals surface area contributed by atoms with Crippen molar-refractivity contribution in [3.63, 3.8) is 0 Å². The molecule has 0 aromatic carbocycles. The van der Waals surface area contributed by atoms with Crippen LogP contribution < -0.4 is 5.73 Å². The van der Waals surface area contributed by atoms with Gasteiger partial charge in [-0.05, 0) is 7.05 Å². The van der Waals surface area contributed by atoms with Crippen molar-refractivity contribution in [2.45, 2.75) is 30.8 Å². The van der Waals surface area contributed by atoms with E-state index in [0.717, 1.165) is 0 Å². The first kappa shape index (κ1) is 10.8. The number of hydrogen-bond acceptors (Lipinski definition) is 5. The second-order valence-corrected chi connectivity index (χ2v) is 2.35. The van der Waals surface area contributed by atoms with Gasteiger partial charge in [0.15, 0.2) is 0 Å². The van der Waals surface area contributed by atoms with Crippen LogP contribution in [0.3, 0.4) is 0 Å². The molecule has 0 bridgehead atoms. The van der Waals surface area contributed by atoms with Crippen LogP contribution in [-0.2, 0) is 0 Å². The average Bonchev–Trinajstić information content (AvgIpc) is 2.22. The van der Waals surface area contributed by atoms with Gasteiger partial charge in [0.1, 0.15) is 12.2 Å². The molecule has 68 valence electrons. The second kappa shape index (κ2) is 4.63. The van der Waals surface area contributed by atoms with Gasteiger partial charge in [-0.25, -0.2) is 0 Å². The summed E-state index contributed by atoms with van der Waals surface area (Å²) in [5.41, 5.74) is 4.50. The van der Waals surface area contributed by atoms with Crippen LogP contribution in [0.25, 0.3) is 0 Å². The Morgan fingerprint density at radius 2 is 1.18 bits per heavy atom. The first-order valence-corrected chi connectivity index (χ1v) is 3.43. The highest BCUT2D eigenvalue weighted by atomic mass is 16.4. The lowest BCUT2D eigenvalue weighted by molar-refractivity contribution is -0.0413. The number of aliphatic hydroxyl groups excluding tert-OH is 4. The molecular weight excluding hydrogens is 150 g/mol. The Balaban J connectivity index is 0.000000461. The van der Waals surface area contributed by atoms with E-state index in [1.807, 2.05) is 0 Å². The van der Waals surface area contributed by atoms with Crippen molar-refractivity contribution >= 4 is 0 Å². The summed E-state index contributed by atoms with van der Waals surface area (Å²) in [6, 6.07) is 0. The maximum Gasteiger partial charge on any atom is 0.108 e. The highest BCUT2D eigenvalue weighted by Crippen LogP contribution is 2.19. The zero-order valence-electron chi connectivity index (χ0n) is 6.38. The third kappa shape index (κ3) is 2.39. The van der Waals surface area contributed by atoms with Crippen LogP contribution in [0.15, 0.2) is 0 Å². The van der Waals surface area contributed by atoms with Gasteiger partial charge in [-0.2, -0.15) is 0 Å². The topological polar surface area (TPSA) is 107 Å². The number of aliphatic hydroxyl groups is 4. The van der Waals surface area contributed by atoms with Crippen LogP contribution >= 0.6 is 0 Å². The smallest absolute Gasteiger partial charge is 0.108 e. The molecule has 0 aromatic rings. The number of nitrogens with two attached hydrogens (primary N) is 1. The van der Waals surface area contributed by atoms with Crippen LogP contribution in [0.5, 0.6) is 0 Å². The molecule has 0 amide bonds. The predicted molar refractivity (Wildman–Crippen MR) is 38.8 cm³/mol. The summed E-state index contributed by atoms with van der Waals surface area (Å²) in [7, 11) is 1.50. The Kier molecular flexibility index (Phi) is 4.55. The van der Waals surface area contributed by atoms with Gasteiger partial charge >= 0.3 is 0 Å². The molecule has 1 aliphatic rings. The Hall–Kier alpha value is -0.200. The molecule has 0 aromatic heterocycles. The third-order valence-corrected chi connectivity index (χ3v) is 1.62. The van der Waals surface area contributed by atoms with Crippen LogP contribution in [-0.4, -0.2) is 51.9 Å². The molecule has 0 radical (unpaired) electrons. The van der Waals surface area contributed by atoms with E-state index in [1.54, 1.807) is 0 Å². The fourth-order valence-corrected chi connectivity index (χ4v) is 0.981. The first-order chi connectivity index (χ1) is 5.13. The Morgan fingerprint density at radius 3 is 1.27 bits per heavy atom. The lowest BCUT2D eigenvalue weighted by Gasteiger charge is -2.10. The fourth-order valence-electron chi connectivity index (χ4n) is 0.981. The molecule has 1 rings (SSSR count). The van der Waals surface area contributed by atoms with Gasteiger partial charge < -0.3 is 26.2 Å². The lowest BCUT2D eigenvalue weighted by Crippen LogP contribution is -2.32. The van der Waals surface area contributed by atoms with E-state index in [1.165, 1.54) is 7.05 Å².